The quantitative estimate of drug-likeness (QED) is 0.776. The van der Waals surface area contributed by atoms with Gasteiger partial charge in [-0.15, -0.1) is 0 Å². The van der Waals surface area contributed by atoms with E-state index in [1.165, 1.54) is 12.8 Å². The average Bonchev–Trinajstić information content (AvgIpc) is 2.12. The smallest absolute Gasteiger partial charge is 0.303 e. The molecule has 0 saturated heterocycles. The highest BCUT2D eigenvalue weighted by molar-refractivity contribution is 5.67. The number of hydrogen-bond acceptors (Lipinski definition) is 1. The van der Waals surface area contributed by atoms with Crippen molar-refractivity contribution < 1.29 is 9.90 Å². The Balaban J connectivity index is 2.86. The van der Waals surface area contributed by atoms with Crippen LogP contribution in [0.1, 0.15) is 53.4 Å². The summed E-state index contributed by atoms with van der Waals surface area (Å²) in [5.41, 5.74) is 0.205. The highest BCUT2D eigenvalue weighted by Gasteiger charge is 2.44. The minimum atomic E-state index is -0.638. The molecule has 15 heavy (non-hydrogen) atoms. The van der Waals surface area contributed by atoms with Gasteiger partial charge in [0.15, 0.2) is 0 Å². The summed E-state index contributed by atoms with van der Waals surface area (Å²) in [5, 5.41) is 8.97. The van der Waals surface area contributed by atoms with Crippen molar-refractivity contribution in [2.24, 2.45) is 23.2 Å². The van der Waals surface area contributed by atoms with Gasteiger partial charge in [-0.25, -0.2) is 0 Å². The van der Waals surface area contributed by atoms with Crippen LogP contribution in [0.25, 0.3) is 0 Å². The summed E-state index contributed by atoms with van der Waals surface area (Å²) in [4.78, 5) is 10.9. The van der Waals surface area contributed by atoms with E-state index in [0.29, 0.717) is 24.2 Å². The molecule has 88 valence electrons. The molecule has 1 saturated carbocycles. The molecule has 1 rings (SSSR count). The Hall–Kier alpha value is -0.530. The van der Waals surface area contributed by atoms with Crippen molar-refractivity contribution in [1.29, 1.82) is 0 Å². The van der Waals surface area contributed by atoms with Crippen LogP contribution in [0.15, 0.2) is 0 Å². The molecular formula is C13H24O2. The van der Waals surface area contributed by atoms with Crippen LogP contribution < -0.4 is 0 Å². The summed E-state index contributed by atoms with van der Waals surface area (Å²) >= 11 is 0. The molecule has 0 amide bonds. The first-order chi connectivity index (χ1) is 6.89. The third-order valence-electron chi connectivity index (χ3n) is 4.80. The minimum absolute atomic E-state index is 0.205. The van der Waals surface area contributed by atoms with Gasteiger partial charge in [-0.2, -0.15) is 0 Å². The van der Waals surface area contributed by atoms with Crippen LogP contribution in [0.3, 0.4) is 0 Å². The van der Waals surface area contributed by atoms with E-state index in [-0.39, 0.29) is 5.41 Å². The van der Waals surface area contributed by atoms with Gasteiger partial charge in [-0.05, 0) is 29.6 Å². The lowest BCUT2D eigenvalue weighted by Crippen LogP contribution is -2.42. The Labute approximate surface area is 93.1 Å². The Morgan fingerprint density at radius 3 is 2.53 bits per heavy atom. The second-order valence-corrected chi connectivity index (χ2v) is 5.65. The zero-order chi connectivity index (χ0) is 11.6. The molecular weight excluding hydrogens is 188 g/mol. The van der Waals surface area contributed by atoms with Crippen LogP contribution in [0.4, 0.5) is 0 Å². The van der Waals surface area contributed by atoms with Crippen molar-refractivity contribution in [1.82, 2.24) is 0 Å². The zero-order valence-electron chi connectivity index (χ0n) is 10.4. The molecule has 0 heterocycles. The zero-order valence-corrected chi connectivity index (χ0v) is 10.4. The van der Waals surface area contributed by atoms with Crippen molar-refractivity contribution in [3.8, 4) is 0 Å². The van der Waals surface area contributed by atoms with Crippen LogP contribution in [0.5, 0.6) is 0 Å². The van der Waals surface area contributed by atoms with E-state index in [0.717, 1.165) is 6.42 Å². The molecule has 3 unspecified atom stereocenters. The van der Waals surface area contributed by atoms with Gasteiger partial charge in [0, 0.05) is 6.42 Å². The molecule has 0 spiro atoms. The Kier molecular flexibility index (Phi) is 3.80. The van der Waals surface area contributed by atoms with E-state index in [9.17, 15) is 4.79 Å². The maximum absolute atomic E-state index is 10.9. The van der Waals surface area contributed by atoms with Gasteiger partial charge in [0.05, 0.1) is 0 Å². The maximum atomic E-state index is 10.9. The molecule has 0 bridgehead atoms. The monoisotopic (exact) mass is 212 g/mol. The molecule has 0 aromatic carbocycles. The van der Waals surface area contributed by atoms with Crippen LogP contribution >= 0.6 is 0 Å². The molecule has 0 aromatic heterocycles. The highest BCUT2D eigenvalue weighted by Crippen LogP contribution is 2.51. The van der Waals surface area contributed by atoms with Crippen LogP contribution in [0, 0.1) is 23.2 Å². The number of carboxylic acid groups (broad SMARTS) is 1. The number of hydrogen-bond donors (Lipinski definition) is 1. The average molecular weight is 212 g/mol. The van der Waals surface area contributed by atoms with Crippen LogP contribution in [-0.4, -0.2) is 11.1 Å². The number of aliphatic carboxylic acids is 1. The van der Waals surface area contributed by atoms with E-state index in [1.54, 1.807) is 0 Å². The van der Waals surface area contributed by atoms with Crippen molar-refractivity contribution in [3.63, 3.8) is 0 Å². The molecule has 1 aliphatic rings. The third kappa shape index (κ3) is 2.35. The molecule has 0 aromatic rings. The van der Waals surface area contributed by atoms with Gasteiger partial charge in [-0.1, -0.05) is 40.5 Å². The number of carbonyl (C=O) groups is 1. The lowest BCUT2D eigenvalue weighted by Gasteiger charge is -2.49. The minimum Gasteiger partial charge on any atom is -0.481 e. The van der Waals surface area contributed by atoms with Gasteiger partial charge in [0.2, 0.25) is 0 Å². The molecule has 2 nitrogen and oxygen atoms in total. The van der Waals surface area contributed by atoms with Crippen molar-refractivity contribution in [2.45, 2.75) is 53.4 Å². The summed E-state index contributed by atoms with van der Waals surface area (Å²) in [6.45, 7) is 9.04. The van der Waals surface area contributed by atoms with Gasteiger partial charge in [0.25, 0.3) is 0 Å². The fraction of sp³-hybridized carbons (Fsp3) is 0.923. The standard InChI is InChI=1S/C13H24O2/c1-9(2)13(4)10(3)6-5-7-11(13)8-12(14)15/h9-11H,5-8H2,1-4H3,(H,14,15). The second-order valence-electron chi connectivity index (χ2n) is 5.65. The van der Waals surface area contributed by atoms with Gasteiger partial charge >= 0.3 is 5.97 Å². The number of carboxylic acids is 1. The van der Waals surface area contributed by atoms with E-state index in [2.05, 4.69) is 27.7 Å². The van der Waals surface area contributed by atoms with Crippen molar-refractivity contribution in [2.75, 3.05) is 0 Å². The summed E-state index contributed by atoms with van der Waals surface area (Å²) in [6.07, 6.45) is 3.89. The third-order valence-corrected chi connectivity index (χ3v) is 4.80. The van der Waals surface area contributed by atoms with Crippen LogP contribution in [0.2, 0.25) is 0 Å². The summed E-state index contributed by atoms with van der Waals surface area (Å²) < 4.78 is 0. The van der Waals surface area contributed by atoms with Gasteiger partial charge in [-0.3, -0.25) is 4.79 Å². The first-order valence-corrected chi connectivity index (χ1v) is 6.10. The second kappa shape index (κ2) is 4.54. The highest BCUT2D eigenvalue weighted by atomic mass is 16.4. The lowest BCUT2D eigenvalue weighted by molar-refractivity contribution is -0.141. The van der Waals surface area contributed by atoms with Crippen molar-refractivity contribution >= 4 is 5.97 Å². The predicted molar refractivity (Wildman–Crippen MR) is 61.7 cm³/mol. The predicted octanol–water partition coefficient (Wildman–Crippen LogP) is 3.56. The fourth-order valence-electron chi connectivity index (χ4n) is 3.27. The fourth-order valence-corrected chi connectivity index (χ4v) is 3.27. The normalized spacial score (nSPS) is 36.9. The van der Waals surface area contributed by atoms with Crippen molar-refractivity contribution in [3.05, 3.63) is 0 Å². The van der Waals surface area contributed by atoms with E-state index < -0.39 is 5.97 Å². The summed E-state index contributed by atoms with van der Waals surface area (Å²) in [7, 11) is 0. The van der Waals surface area contributed by atoms with E-state index in [1.807, 2.05) is 0 Å². The van der Waals surface area contributed by atoms with E-state index in [4.69, 9.17) is 5.11 Å². The van der Waals surface area contributed by atoms with E-state index >= 15 is 0 Å². The maximum Gasteiger partial charge on any atom is 0.303 e. The summed E-state index contributed by atoms with van der Waals surface area (Å²) in [5.74, 6) is 0.937. The van der Waals surface area contributed by atoms with Gasteiger partial charge < -0.3 is 5.11 Å². The molecule has 1 aliphatic carbocycles. The molecule has 0 aliphatic heterocycles. The Morgan fingerprint density at radius 1 is 1.47 bits per heavy atom. The number of rotatable bonds is 3. The topological polar surface area (TPSA) is 37.3 Å². The first kappa shape index (κ1) is 12.5. The SMILES string of the molecule is CC(C)C1(C)C(C)CCCC1CC(=O)O. The Bertz CT molecular complexity index is 235. The molecule has 1 N–H and O–H groups in total. The Morgan fingerprint density at radius 2 is 2.07 bits per heavy atom. The van der Waals surface area contributed by atoms with Crippen LogP contribution in [-0.2, 0) is 4.79 Å². The lowest BCUT2D eigenvalue weighted by atomic mass is 9.56. The first-order valence-electron chi connectivity index (χ1n) is 6.10. The largest absolute Gasteiger partial charge is 0.481 e. The van der Waals surface area contributed by atoms with Gasteiger partial charge in [0.1, 0.15) is 0 Å². The summed E-state index contributed by atoms with van der Waals surface area (Å²) in [6, 6.07) is 0. The molecule has 2 heteroatoms. The molecule has 1 fully saturated rings. The molecule has 3 atom stereocenters. The molecule has 0 radical (unpaired) electrons.